The number of hydrogen-bond donors (Lipinski definition) is 1. The summed E-state index contributed by atoms with van der Waals surface area (Å²) in [5.41, 5.74) is 7.47. The number of carbonyl (C=O) groups excluding carboxylic acids is 1. The van der Waals surface area contributed by atoms with Crippen molar-refractivity contribution in [1.82, 2.24) is 4.98 Å². The van der Waals surface area contributed by atoms with Gasteiger partial charge in [-0.25, -0.2) is 4.98 Å². The fourth-order valence-electron chi connectivity index (χ4n) is 1.84. The fourth-order valence-corrected chi connectivity index (χ4v) is 2.22. The Morgan fingerprint density at radius 3 is 2.80 bits per heavy atom. The highest BCUT2D eigenvalue weighted by atomic mass is 79.9. The van der Waals surface area contributed by atoms with Gasteiger partial charge in [-0.1, -0.05) is 15.9 Å². The summed E-state index contributed by atoms with van der Waals surface area (Å²) in [5.74, 6) is 0.0593. The molecule has 0 radical (unpaired) electrons. The molecule has 5 nitrogen and oxygen atoms in total. The highest BCUT2D eigenvalue weighted by molar-refractivity contribution is 9.10. The van der Waals surface area contributed by atoms with Gasteiger partial charge in [-0.3, -0.25) is 4.79 Å². The average Bonchev–Trinajstić information content (AvgIpc) is 2.45. The van der Waals surface area contributed by atoms with Gasteiger partial charge in [0.1, 0.15) is 5.56 Å². The largest absolute Gasteiger partial charge is 0.480 e. The molecule has 6 heteroatoms. The summed E-state index contributed by atoms with van der Waals surface area (Å²) < 4.78 is 5.96. The van der Waals surface area contributed by atoms with E-state index in [2.05, 4.69) is 20.9 Å². The molecule has 2 rings (SSSR count). The lowest BCUT2D eigenvalue weighted by atomic mass is 10.2. The minimum absolute atomic E-state index is 0.232. The molecule has 0 saturated heterocycles. The molecule has 0 atom stereocenters. The maximum Gasteiger partial charge on any atom is 0.263 e. The first-order valence-corrected chi connectivity index (χ1v) is 6.66. The Hall–Kier alpha value is -2.08. The lowest BCUT2D eigenvalue weighted by Gasteiger charge is -2.20. The molecule has 0 unspecified atom stereocenters. The van der Waals surface area contributed by atoms with Crippen LogP contribution in [0.2, 0.25) is 0 Å². The van der Waals surface area contributed by atoms with Crippen LogP contribution >= 0.6 is 15.9 Å². The van der Waals surface area contributed by atoms with Crippen LogP contribution in [0.4, 0.5) is 11.4 Å². The smallest absolute Gasteiger partial charge is 0.263 e. The first-order valence-electron chi connectivity index (χ1n) is 5.86. The Kier molecular flexibility index (Phi) is 4.24. The van der Waals surface area contributed by atoms with Crippen LogP contribution < -0.4 is 15.4 Å². The third-order valence-corrected chi connectivity index (χ3v) is 3.34. The van der Waals surface area contributed by atoms with Crippen LogP contribution in [0.3, 0.4) is 0 Å². The van der Waals surface area contributed by atoms with Gasteiger partial charge in [-0.2, -0.15) is 0 Å². The summed E-state index contributed by atoms with van der Waals surface area (Å²) >= 11 is 3.34. The summed E-state index contributed by atoms with van der Waals surface area (Å²) in [4.78, 5) is 18.0. The molecule has 1 amide bonds. The van der Waals surface area contributed by atoms with E-state index < -0.39 is 0 Å². The van der Waals surface area contributed by atoms with E-state index >= 15 is 0 Å². The van der Waals surface area contributed by atoms with E-state index in [1.54, 1.807) is 37.5 Å². The SMILES string of the molecule is COc1ncccc1C(=O)N(C)c1ccc(Br)cc1N. The van der Waals surface area contributed by atoms with E-state index in [9.17, 15) is 4.79 Å². The van der Waals surface area contributed by atoms with Crippen molar-refractivity contribution < 1.29 is 9.53 Å². The zero-order valence-corrected chi connectivity index (χ0v) is 12.7. The monoisotopic (exact) mass is 335 g/mol. The quantitative estimate of drug-likeness (QED) is 0.875. The second-order valence-electron chi connectivity index (χ2n) is 4.13. The van der Waals surface area contributed by atoms with Gasteiger partial charge in [-0.15, -0.1) is 0 Å². The number of nitrogen functional groups attached to an aromatic ring is 1. The van der Waals surface area contributed by atoms with Gasteiger partial charge in [0.15, 0.2) is 0 Å². The number of carbonyl (C=O) groups is 1. The predicted octanol–water partition coefficient (Wildman–Crippen LogP) is 2.71. The van der Waals surface area contributed by atoms with Gasteiger partial charge < -0.3 is 15.4 Å². The van der Waals surface area contributed by atoms with Crippen molar-refractivity contribution in [2.45, 2.75) is 0 Å². The number of pyridine rings is 1. The third-order valence-electron chi connectivity index (χ3n) is 2.85. The summed E-state index contributed by atoms with van der Waals surface area (Å²) in [6, 6.07) is 8.71. The molecule has 2 aromatic rings. The fraction of sp³-hybridized carbons (Fsp3) is 0.143. The number of nitrogens with zero attached hydrogens (tertiary/aromatic N) is 2. The van der Waals surface area contributed by atoms with Crippen LogP contribution in [0.5, 0.6) is 5.88 Å². The molecule has 0 spiro atoms. The minimum atomic E-state index is -0.232. The van der Waals surface area contributed by atoms with Gasteiger partial charge in [0.05, 0.1) is 18.5 Å². The summed E-state index contributed by atoms with van der Waals surface area (Å²) in [7, 11) is 3.14. The second kappa shape index (κ2) is 5.92. The number of rotatable bonds is 3. The van der Waals surface area contributed by atoms with Crippen LogP contribution in [0.1, 0.15) is 10.4 Å². The van der Waals surface area contributed by atoms with Crippen molar-refractivity contribution in [3.05, 3.63) is 46.6 Å². The Balaban J connectivity index is 2.37. The van der Waals surface area contributed by atoms with Crippen molar-refractivity contribution in [3.63, 3.8) is 0 Å². The molecule has 2 N–H and O–H groups in total. The number of nitrogens with two attached hydrogens (primary N) is 1. The lowest BCUT2D eigenvalue weighted by Crippen LogP contribution is -2.27. The molecule has 1 heterocycles. The van der Waals surface area contributed by atoms with E-state index in [-0.39, 0.29) is 5.91 Å². The molecule has 0 bridgehead atoms. The lowest BCUT2D eigenvalue weighted by molar-refractivity contribution is 0.0989. The van der Waals surface area contributed by atoms with Crippen LogP contribution in [-0.4, -0.2) is 25.0 Å². The third kappa shape index (κ3) is 2.75. The number of methoxy groups -OCH3 is 1. The normalized spacial score (nSPS) is 10.2. The number of aromatic nitrogens is 1. The Morgan fingerprint density at radius 2 is 2.15 bits per heavy atom. The highest BCUT2D eigenvalue weighted by Gasteiger charge is 2.19. The van der Waals surface area contributed by atoms with Crippen molar-refractivity contribution >= 4 is 33.2 Å². The van der Waals surface area contributed by atoms with Gasteiger partial charge in [0, 0.05) is 17.7 Å². The van der Waals surface area contributed by atoms with Crippen molar-refractivity contribution in [1.29, 1.82) is 0 Å². The molecule has 0 aliphatic heterocycles. The van der Waals surface area contributed by atoms with E-state index in [1.165, 1.54) is 12.0 Å². The Bertz CT molecular complexity index is 646. The maximum atomic E-state index is 12.5. The molecule has 20 heavy (non-hydrogen) atoms. The second-order valence-corrected chi connectivity index (χ2v) is 5.04. The van der Waals surface area contributed by atoms with Crippen molar-refractivity contribution in [3.8, 4) is 5.88 Å². The summed E-state index contributed by atoms with van der Waals surface area (Å²) in [5, 5.41) is 0. The number of ether oxygens (including phenoxy) is 1. The van der Waals surface area contributed by atoms with Gasteiger partial charge in [-0.05, 0) is 30.3 Å². The van der Waals surface area contributed by atoms with Gasteiger partial charge in [0.25, 0.3) is 5.91 Å². The van der Waals surface area contributed by atoms with Crippen LogP contribution in [0.15, 0.2) is 41.0 Å². The van der Waals surface area contributed by atoms with E-state index in [4.69, 9.17) is 10.5 Å². The number of halogens is 1. The molecule has 104 valence electrons. The van der Waals surface area contributed by atoms with Gasteiger partial charge in [0.2, 0.25) is 5.88 Å². The van der Waals surface area contributed by atoms with E-state index in [0.29, 0.717) is 22.8 Å². The van der Waals surface area contributed by atoms with Crippen LogP contribution in [0, 0.1) is 0 Å². The van der Waals surface area contributed by atoms with Crippen LogP contribution in [-0.2, 0) is 0 Å². The average molecular weight is 336 g/mol. The molecule has 0 saturated carbocycles. The van der Waals surface area contributed by atoms with Crippen LogP contribution in [0.25, 0.3) is 0 Å². The highest BCUT2D eigenvalue weighted by Crippen LogP contribution is 2.28. The molecule has 0 fully saturated rings. The maximum absolute atomic E-state index is 12.5. The molecule has 1 aromatic heterocycles. The summed E-state index contributed by atoms with van der Waals surface area (Å²) in [6.07, 6.45) is 1.57. The molecular weight excluding hydrogens is 322 g/mol. The number of anilines is 2. The first kappa shape index (κ1) is 14.3. The zero-order chi connectivity index (χ0) is 14.7. The first-order chi connectivity index (χ1) is 9.54. The molecule has 1 aromatic carbocycles. The Morgan fingerprint density at radius 1 is 1.40 bits per heavy atom. The molecule has 0 aliphatic carbocycles. The number of amides is 1. The topological polar surface area (TPSA) is 68.5 Å². The Labute approximate surface area is 125 Å². The van der Waals surface area contributed by atoms with Crippen molar-refractivity contribution in [2.75, 3.05) is 24.8 Å². The predicted molar refractivity (Wildman–Crippen MR) is 82.1 cm³/mol. The zero-order valence-electron chi connectivity index (χ0n) is 11.1. The van der Waals surface area contributed by atoms with Gasteiger partial charge >= 0.3 is 0 Å². The number of benzene rings is 1. The minimum Gasteiger partial charge on any atom is -0.480 e. The van der Waals surface area contributed by atoms with E-state index in [0.717, 1.165) is 4.47 Å². The molecule has 0 aliphatic rings. The van der Waals surface area contributed by atoms with E-state index in [1.807, 2.05) is 6.07 Å². The number of hydrogen-bond acceptors (Lipinski definition) is 4. The summed E-state index contributed by atoms with van der Waals surface area (Å²) in [6.45, 7) is 0. The van der Waals surface area contributed by atoms with Crippen molar-refractivity contribution in [2.24, 2.45) is 0 Å². The molecular formula is C14H14BrN3O2. The standard InChI is InChI=1S/C14H14BrN3O2/c1-18(12-6-5-9(15)8-11(12)16)14(19)10-4-3-7-17-13(10)20-2/h3-8H,16H2,1-2H3.